The maximum absolute atomic E-state index is 11.7. The highest BCUT2D eigenvalue weighted by atomic mass is 19.4. The van der Waals surface area contributed by atoms with Crippen LogP contribution in [0, 0.1) is 0 Å². The van der Waals surface area contributed by atoms with Crippen LogP contribution in [0.4, 0.5) is 13.2 Å². The van der Waals surface area contributed by atoms with Crippen molar-refractivity contribution in [3.63, 3.8) is 0 Å². The molecule has 0 aromatic carbocycles. The fraction of sp³-hybridized carbons (Fsp3) is 1.00. The van der Waals surface area contributed by atoms with Crippen molar-refractivity contribution in [2.75, 3.05) is 26.8 Å². The molecule has 2 N–H and O–H groups in total. The van der Waals surface area contributed by atoms with Crippen LogP contribution in [-0.2, 0) is 4.74 Å². The quantitative estimate of drug-likeness (QED) is 0.617. The smallest absolute Gasteiger partial charge is 0.389 e. The first-order valence-corrected chi connectivity index (χ1v) is 4.90. The molecule has 0 rings (SSSR count). The van der Waals surface area contributed by atoms with Crippen molar-refractivity contribution in [3.05, 3.63) is 0 Å². The lowest BCUT2D eigenvalue weighted by molar-refractivity contribution is -0.136. The number of ether oxygens (including phenoxy) is 1. The molecule has 0 aliphatic carbocycles. The van der Waals surface area contributed by atoms with Gasteiger partial charge < -0.3 is 15.2 Å². The molecule has 0 bridgehead atoms. The lowest BCUT2D eigenvalue weighted by Gasteiger charge is -2.12. The van der Waals surface area contributed by atoms with E-state index in [2.05, 4.69) is 5.32 Å². The maximum Gasteiger partial charge on any atom is 0.389 e. The number of hydrogen-bond acceptors (Lipinski definition) is 3. The second-order valence-corrected chi connectivity index (χ2v) is 3.36. The Morgan fingerprint density at radius 3 is 2.60 bits per heavy atom. The van der Waals surface area contributed by atoms with Gasteiger partial charge >= 0.3 is 6.18 Å². The van der Waals surface area contributed by atoms with E-state index in [1.165, 1.54) is 0 Å². The van der Waals surface area contributed by atoms with E-state index in [1.807, 2.05) is 0 Å². The summed E-state index contributed by atoms with van der Waals surface area (Å²) < 4.78 is 40.0. The fourth-order valence-corrected chi connectivity index (χ4v) is 1.08. The summed E-state index contributed by atoms with van der Waals surface area (Å²) in [6, 6.07) is 0. The molecule has 1 unspecified atom stereocenters. The van der Waals surface area contributed by atoms with Crippen molar-refractivity contribution >= 4 is 0 Å². The summed E-state index contributed by atoms with van der Waals surface area (Å²) >= 11 is 0. The van der Waals surface area contributed by atoms with Crippen LogP contribution in [0.3, 0.4) is 0 Å². The molecule has 0 spiro atoms. The number of aliphatic hydroxyl groups is 1. The molecular formula is C9H18F3NO2. The molecule has 3 nitrogen and oxygen atoms in total. The summed E-state index contributed by atoms with van der Waals surface area (Å²) in [5.41, 5.74) is 0. The average molecular weight is 229 g/mol. The Bertz CT molecular complexity index is 153. The monoisotopic (exact) mass is 229 g/mol. The molecule has 0 aliphatic heterocycles. The van der Waals surface area contributed by atoms with Crippen molar-refractivity contribution in [2.24, 2.45) is 0 Å². The molecule has 0 radical (unpaired) electrons. The van der Waals surface area contributed by atoms with Crippen molar-refractivity contribution in [1.82, 2.24) is 5.32 Å². The normalized spacial score (nSPS) is 14.2. The molecule has 0 fully saturated rings. The third kappa shape index (κ3) is 11.6. The number of halogens is 3. The molecule has 92 valence electrons. The van der Waals surface area contributed by atoms with Crippen LogP contribution in [0.2, 0.25) is 0 Å². The van der Waals surface area contributed by atoms with Gasteiger partial charge in [-0.3, -0.25) is 0 Å². The van der Waals surface area contributed by atoms with E-state index >= 15 is 0 Å². The molecule has 1 atom stereocenters. The molecule has 0 heterocycles. The van der Waals surface area contributed by atoms with Crippen molar-refractivity contribution < 1.29 is 23.0 Å². The van der Waals surface area contributed by atoms with E-state index in [0.29, 0.717) is 19.7 Å². The fourth-order valence-electron chi connectivity index (χ4n) is 1.08. The largest absolute Gasteiger partial charge is 0.392 e. The predicted octanol–water partition coefficient (Wildman–Crippen LogP) is 1.32. The van der Waals surface area contributed by atoms with Gasteiger partial charge in [0.15, 0.2) is 0 Å². The molecular weight excluding hydrogens is 211 g/mol. The summed E-state index contributed by atoms with van der Waals surface area (Å²) in [6.07, 6.45) is -5.54. The summed E-state index contributed by atoms with van der Waals surface area (Å²) in [6.45, 7) is 1.42. The minimum absolute atomic E-state index is 0.0311. The van der Waals surface area contributed by atoms with Crippen LogP contribution in [0.15, 0.2) is 0 Å². The van der Waals surface area contributed by atoms with Crippen LogP contribution in [0.25, 0.3) is 0 Å². The van der Waals surface area contributed by atoms with Gasteiger partial charge in [-0.1, -0.05) is 0 Å². The minimum atomic E-state index is -4.12. The Morgan fingerprint density at radius 1 is 1.40 bits per heavy atom. The molecule has 0 amide bonds. The van der Waals surface area contributed by atoms with E-state index in [4.69, 9.17) is 4.74 Å². The number of aliphatic hydroxyl groups excluding tert-OH is 1. The van der Waals surface area contributed by atoms with Crippen molar-refractivity contribution in [2.45, 2.75) is 31.5 Å². The van der Waals surface area contributed by atoms with E-state index in [0.717, 1.165) is 0 Å². The Morgan fingerprint density at radius 2 is 2.07 bits per heavy atom. The first-order chi connectivity index (χ1) is 6.95. The van der Waals surface area contributed by atoms with Crippen molar-refractivity contribution in [3.8, 4) is 0 Å². The highest BCUT2D eigenvalue weighted by Crippen LogP contribution is 2.22. The highest BCUT2D eigenvalue weighted by Gasteiger charge is 2.26. The second-order valence-electron chi connectivity index (χ2n) is 3.36. The third-order valence-corrected chi connectivity index (χ3v) is 1.86. The van der Waals surface area contributed by atoms with Crippen LogP contribution < -0.4 is 5.32 Å². The van der Waals surface area contributed by atoms with Gasteiger partial charge in [-0.25, -0.2) is 0 Å². The van der Waals surface area contributed by atoms with Gasteiger partial charge in [0.25, 0.3) is 0 Å². The molecule has 15 heavy (non-hydrogen) atoms. The van der Waals surface area contributed by atoms with Crippen molar-refractivity contribution in [1.29, 1.82) is 0 Å². The van der Waals surface area contributed by atoms with Gasteiger partial charge in [-0.05, 0) is 12.8 Å². The SMILES string of the molecule is COCCNCC(O)CCCC(F)(F)F. The number of hydrogen-bond donors (Lipinski definition) is 2. The topological polar surface area (TPSA) is 41.5 Å². The minimum Gasteiger partial charge on any atom is -0.392 e. The average Bonchev–Trinajstić information content (AvgIpc) is 2.10. The zero-order valence-corrected chi connectivity index (χ0v) is 8.81. The Labute approximate surface area is 87.6 Å². The summed E-state index contributed by atoms with van der Waals surface area (Å²) in [7, 11) is 1.56. The Balaban J connectivity index is 3.29. The maximum atomic E-state index is 11.7. The van der Waals surface area contributed by atoms with Gasteiger partial charge in [0, 0.05) is 26.6 Å². The zero-order chi connectivity index (χ0) is 11.7. The van der Waals surface area contributed by atoms with Gasteiger partial charge in [0.05, 0.1) is 12.7 Å². The third-order valence-electron chi connectivity index (χ3n) is 1.86. The molecule has 0 saturated heterocycles. The predicted molar refractivity (Wildman–Crippen MR) is 50.7 cm³/mol. The van der Waals surface area contributed by atoms with E-state index in [1.54, 1.807) is 7.11 Å². The summed E-state index contributed by atoms with van der Waals surface area (Å²) in [5, 5.41) is 12.2. The Hall–Kier alpha value is -0.330. The number of methoxy groups -OCH3 is 1. The molecule has 6 heteroatoms. The number of alkyl halides is 3. The lowest BCUT2D eigenvalue weighted by atomic mass is 10.1. The number of rotatable bonds is 8. The van der Waals surface area contributed by atoms with Gasteiger partial charge in [0.1, 0.15) is 0 Å². The first kappa shape index (κ1) is 14.7. The highest BCUT2D eigenvalue weighted by molar-refractivity contribution is 4.61. The molecule has 0 saturated carbocycles. The standard InChI is InChI=1S/C9H18F3NO2/c1-15-6-5-13-7-8(14)3-2-4-9(10,11)12/h8,13-14H,2-7H2,1H3. The summed E-state index contributed by atoms with van der Waals surface area (Å²) in [4.78, 5) is 0. The summed E-state index contributed by atoms with van der Waals surface area (Å²) in [5.74, 6) is 0. The number of nitrogens with one attached hydrogen (secondary N) is 1. The van der Waals surface area contributed by atoms with Crippen LogP contribution in [0.5, 0.6) is 0 Å². The van der Waals surface area contributed by atoms with Gasteiger partial charge in [-0.15, -0.1) is 0 Å². The second kappa shape index (κ2) is 7.90. The zero-order valence-electron chi connectivity index (χ0n) is 8.81. The van der Waals surface area contributed by atoms with Gasteiger partial charge in [0.2, 0.25) is 0 Å². The first-order valence-electron chi connectivity index (χ1n) is 4.90. The molecule has 0 aliphatic rings. The lowest BCUT2D eigenvalue weighted by Crippen LogP contribution is -2.29. The van der Waals surface area contributed by atoms with E-state index in [9.17, 15) is 18.3 Å². The van der Waals surface area contributed by atoms with Crippen LogP contribution in [-0.4, -0.2) is 44.2 Å². The molecule has 0 aromatic heterocycles. The van der Waals surface area contributed by atoms with Crippen LogP contribution in [0.1, 0.15) is 19.3 Å². The van der Waals surface area contributed by atoms with E-state index in [-0.39, 0.29) is 12.8 Å². The van der Waals surface area contributed by atoms with Gasteiger partial charge in [-0.2, -0.15) is 13.2 Å². The Kier molecular flexibility index (Phi) is 7.72. The van der Waals surface area contributed by atoms with Crippen LogP contribution >= 0.6 is 0 Å². The molecule has 0 aromatic rings. The van der Waals surface area contributed by atoms with E-state index < -0.39 is 18.7 Å².